The number of imidazole rings is 2. The van der Waals surface area contributed by atoms with Crippen LogP contribution < -0.4 is 10.1 Å². The summed E-state index contributed by atoms with van der Waals surface area (Å²) in [5.74, 6) is 3.47. The van der Waals surface area contributed by atoms with Gasteiger partial charge in [0.15, 0.2) is 0 Å². The molecule has 0 saturated carbocycles. The van der Waals surface area contributed by atoms with E-state index < -0.39 is 0 Å². The molecule has 158 valence electrons. The maximum atomic E-state index is 5.53. The second kappa shape index (κ2) is 7.53. The largest absolute Gasteiger partial charge is 0.494 e. The van der Waals surface area contributed by atoms with E-state index in [2.05, 4.69) is 38.5 Å². The van der Waals surface area contributed by atoms with Gasteiger partial charge in [0.05, 0.1) is 35.2 Å². The van der Waals surface area contributed by atoms with Crippen molar-refractivity contribution in [3.8, 4) is 28.5 Å². The minimum Gasteiger partial charge on any atom is -0.494 e. The second-order valence-corrected chi connectivity index (χ2v) is 7.75. The van der Waals surface area contributed by atoms with Gasteiger partial charge in [-0.3, -0.25) is 4.99 Å². The van der Waals surface area contributed by atoms with Gasteiger partial charge in [-0.05, 0) is 67.6 Å². The number of rotatable bonds is 5. The monoisotopic (exact) mass is 422 g/mol. The van der Waals surface area contributed by atoms with Crippen molar-refractivity contribution in [2.24, 2.45) is 4.99 Å². The van der Waals surface area contributed by atoms with Crippen molar-refractivity contribution in [3.63, 3.8) is 0 Å². The summed E-state index contributed by atoms with van der Waals surface area (Å²) in [5.41, 5.74) is 6.92. The first-order chi connectivity index (χ1) is 15.8. The van der Waals surface area contributed by atoms with Crippen molar-refractivity contribution in [1.29, 1.82) is 0 Å². The number of aromatic nitrogens is 4. The standard InChI is InChI=1S/C25H22N6O/c1-2-32-18-7-3-15(4-8-18)24-28-19-10-6-17(14-22(19)30-24)25-29-20-9-5-16(13-21(20)31-25)23-26-11-12-27-23/h3-10,13-14H,2,11-12H2,1H3,(H,26,27)(H,28,30)(H,29,31). The van der Waals surface area contributed by atoms with Crippen LogP contribution in [0.1, 0.15) is 12.5 Å². The molecule has 5 aromatic rings. The average molecular weight is 422 g/mol. The predicted octanol–water partition coefficient (Wildman–Crippen LogP) is 4.52. The lowest BCUT2D eigenvalue weighted by atomic mass is 10.2. The molecule has 0 bridgehead atoms. The summed E-state index contributed by atoms with van der Waals surface area (Å²) in [7, 11) is 0. The molecule has 2 aromatic heterocycles. The van der Waals surface area contributed by atoms with Crippen LogP contribution in [0.4, 0.5) is 0 Å². The Bertz CT molecular complexity index is 1460. The van der Waals surface area contributed by atoms with Crippen molar-refractivity contribution in [1.82, 2.24) is 25.3 Å². The van der Waals surface area contributed by atoms with Crippen LogP contribution in [0, 0.1) is 0 Å². The van der Waals surface area contributed by atoms with E-state index in [4.69, 9.17) is 14.7 Å². The Morgan fingerprint density at radius 2 is 1.41 bits per heavy atom. The van der Waals surface area contributed by atoms with Gasteiger partial charge in [-0.1, -0.05) is 0 Å². The van der Waals surface area contributed by atoms with E-state index in [1.807, 2.05) is 49.4 Å². The molecule has 3 heterocycles. The molecular weight excluding hydrogens is 400 g/mol. The number of aromatic amines is 2. The van der Waals surface area contributed by atoms with E-state index >= 15 is 0 Å². The summed E-state index contributed by atoms with van der Waals surface area (Å²) in [4.78, 5) is 20.9. The molecule has 6 rings (SSSR count). The number of H-pyrrole nitrogens is 2. The molecule has 0 radical (unpaired) electrons. The molecule has 0 aliphatic carbocycles. The first kappa shape index (κ1) is 18.6. The number of amidine groups is 1. The first-order valence-electron chi connectivity index (χ1n) is 10.8. The topological polar surface area (TPSA) is 91.0 Å². The van der Waals surface area contributed by atoms with Crippen LogP contribution in [0.2, 0.25) is 0 Å². The highest BCUT2D eigenvalue weighted by Crippen LogP contribution is 2.27. The first-order valence-corrected chi connectivity index (χ1v) is 10.8. The number of hydrogen-bond acceptors (Lipinski definition) is 5. The quantitative estimate of drug-likeness (QED) is 0.388. The van der Waals surface area contributed by atoms with Crippen LogP contribution in [0.5, 0.6) is 5.75 Å². The fourth-order valence-electron chi connectivity index (χ4n) is 4.05. The van der Waals surface area contributed by atoms with Crippen LogP contribution >= 0.6 is 0 Å². The van der Waals surface area contributed by atoms with Crippen molar-refractivity contribution in [2.45, 2.75) is 6.92 Å². The van der Waals surface area contributed by atoms with Gasteiger partial charge in [-0.15, -0.1) is 0 Å². The molecule has 3 N–H and O–H groups in total. The summed E-state index contributed by atoms with van der Waals surface area (Å²) in [6, 6.07) is 20.3. The van der Waals surface area contributed by atoms with Gasteiger partial charge < -0.3 is 20.0 Å². The van der Waals surface area contributed by atoms with Gasteiger partial charge in [-0.25, -0.2) is 9.97 Å². The molecule has 0 unspecified atom stereocenters. The zero-order chi connectivity index (χ0) is 21.5. The molecule has 3 aromatic carbocycles. The third-order valence-corrected chi connectivity index (χ3v) is 5.62. The summed E-state index contributed by atoms with van der Waals surface area (Å²) in [6.45, 7) is 4.35. The van der Waals surface area contributed by atoms with Crippen molar-refractivity contribution >= 4 is 27.9 Å². The van der Waals surface area contributed by atoms with Crippen LogP contribution in [-0.2, 0) is 0 Å². The van der Waals surface area contributed by atoms with Crippen LogP contribution in [0.3, 0.4) is 0 Å². The highest BCUT2D eigenvalue weighted by molar-refractivity contribution is 6.02. The highest BCUT2D eigenvalue weighted by Gasteiger charge is 2.12. The highest BCUT2D eigenvalue weighted by atomic mass is 16.5. The summed E-state index contributed by atoms with van der Waals surface area (Å²) >= 11 is 0. The molecule has 0 saturated heterocycles. The molecule has 0 spiro atoms. The van der Waals surface area contributed by atoms with E-state index in [1.165, 1.54) is 0 Å². The van der Waals surface area contributed by atoms with E-state index in [1.54, 1.807) is 0 Å². The Morgan fingerprint density at radius 1 is 0.781 bits per heavy atom. The van der Waals surface area contributed by atoms with Crippen LogP contribution in [0.15, 0.2) is 65.7 Å². The van der Waals surface area contributed by atoms with Crippen molar-refractivity contribution in [2.75, 3.05) is 19.7 Å². The van der Waals surface area contributed by atoms with Gasteiger partial charge in [0.1, 0.15) is 23.2 Å². The number of nitrogens with one attached hydrogen (secondary N) is 3. The molecule has 0 atom stereocenters. The maximum Gasteiger partial charge on any atom is 0.138 e. The number of aliphatic imine (C=N–C) groups is 1. The van der Waals surface area contributed by atoms with Gasteiger partial charge >= 0.3 is 0 Å². The third kappa shape index (κ3) is 3.28. The molecule has 1 aliphatic rings. The minimum atomic E-state index is 0.654. The number of nitrogens with zero attached hydrogens (tertiary/aromatic N) is 3. The Kier molecular flexibility index (Phi) is 4.38. The normalized spacial score (nSPS) is 13.5. The second-order valence-electron chi connectivity index (χ2n) is 7.75. The fourth-order valence-corrected chi connectivity index (χ4v) is 4.05. The third-order valence-electron chi connectivity index (χ3n) is 5.62. The van der Waals surface area contributed by atoms with Gasteiger partial charge in [0.25, 0.3) is 0 Å². The molecule has 7 heteroatoms. The fraction of sp³-hybridized carbons (Fsp3) is 0.160. The lowest BCUT2D eigenvalue weighted by molar-refractivity contribution is 0.340. The van der Waals surface area contributed by atoms with Crippen molar-refractivity contribution < 1.29 is 4.74 Å². The molecule has 1 aliphatic heterocycles. The lowest BCUT2D eigenvalue weighted by Gasteiger charge is -2.02. The molecule has 7 nitrogen and oxygen atoms in total. The lowest BCUT2D eigenvalue weighted by Crippen LogP contribution is -2.19. The zero-order valence-corrected chi connectivity index (χ0v) is 17.6. The Balaban J connectivity index is 1.33. The van der Waals surface area contributed by atoms with E-state index in [0.717, 1.165) is 75.1 Å². The summed E-state index contributed by atoms with van der Waals surface area (Å²) in [6.07, 6.45) is 0. The zero-order valence-electron chi connectivity index (χ0n) is 17.6. The number of fused-ring (bicyclic) bond motifs is 2. The van der Waals surface area contributed by atoms with E-state index in [0.29, 0.717) is 6.61 Å². The SMILES string of the molecule is CCOc1ccc(-c2nc3ccc(-c4nc5ccc(C6=NCCN6)cc5[nH]4)cc3[nH]2)cc1. The molecule has 0 fully saturated rings. The Morgan fingerprint density at radius 3 is 2.06 bits per heavy atom. The maximum absolute atomic E-state index is 5.53. The van der Waals surface area contributed by atoms with Crippen LogP contribution in [0.25, 0.3) is 44.8 Å². The van der Waals surface area contributed by atoms with Gasteiger partial charge in [-0.2, -0.15) is 0 Å². The van der Waals surface area contributed by atoms with Gasteiger partial charge in [0, 0.05) is 23.2 Å². The number of hydrogen-bond donors (Lipinski definition) is 3. The summed E-state index contributed by atoms with van der Waals surface area (Å²) < 4.78 is 5.53. The van der Waals surface area contributed by atoms with Gasteiger partial charge in [0.2, 0.25) is 0 Å². The van der Waals surface area contributed by atoms with Crippen molar-refractivity contribution in [3.05, 3.63) is 66.2 Å². The Labute approximate surface area is 184 Å². The molecule has 32 heavy (non-hydrogen) atoms. The predicted molar refractivity (Wildman–Crippen MR) is 127 cm³/mol. The minimum absolute atomic E-state index is 0.654. The molecular formula is C25H22N6O. The van der Waals surface area contributed by atoms with E-state index in [9.17, 15) is 0 Å². The van der Waals surface area contributed by atoms with E-state index in [-0.39, 0.29) is 0 Å². The number of benzene rings is 3. The average Bonchev–Trinajstić information content (AvgIpc) is 3.58. The summed E-state index contributed by atoms with van der Waals surface area (Å²) in [5, 5.41) is 3.32. The Hall–Kier alpha value is -4.13. The number of ether oxygens (including phenoxy) is 1. The molecule has 0 amide bonds. The van der Waals surface area contributed by atoms with Crippen LogP contribution in [-0.4, -0.2) is 45.5 Å². The smallest absolute Gasteiger partial charge is 0.138 e.